The normalized spacial score (nSPS) is 18.8. The van der Waals surface area contributed by atoms with Gasteiger partial charge in [0, 0.05) is 18.3 Å². The Morgan fingerprint density at radius 1 is 1.16 bits per heavy atom. The van der Waals surface area contributed by atoms with Crippen LogP contribution in [0.1, 0.15) is 60.1 Å². The Morgan fingerprint density at radius 2 is 1.82 bits per heavy atom. The van der Waals surface area contributed by atoms with Crippen molar-refractivity contribution in [1.29, 1.82) is 0 Å². The number of hydrogen-bond acceptors (Lipinski definition) is 5. The van der Waals surface area contributed by atoms with E-state index in [1.807, 2.05) is 7.05 Å². The van der Waals surface area contributed by atoms with Gasteiger partial charge in [-0.2, -0.15) is 13.2 Å². The van der Waals surface area contributed by atoms with Gasteiger partial charge in [-0.1, -0.05) is 6.07 Å². The molecule has 1 saturated carbocycles. The zero-order valence-electron chi connectivity index (χ0n) is 21.4. The lowest BCUT2D eigenvalue weighted by Gasteiger charge is -2.31. The van der Waals surface area contributed by atoms with Crippen LogP contribution in [0.25, 0.3) is 0 Å². The molecule has 2 N–H and O–H groups in total. The van der Waals surface area contributed by atoms with Gasteiger partial charge in [0.25, 0.3) is 17.9 Å². The van der Waals surface area contributed by atoms with E-state index in [-0.39, 0.29) is 41.4 Å². The van der Waals surface area contributed by atoms with E-state index in [1.54, 1.807) is 0 Å². The predicted octanol–water partition coefficient (Wildman–Crippen LogP) is 4.63. The first-order valence-electron chi connectivity index (χ1n) is 12.4. The van der Waals surface area contributed by atoms with Gasteiger partial charge in [0.2, 0.25) is 0 Å². The fourth-order valence-corrected chi connectivity index (χ4v) is 4.82. The number of nitrogens with one attached hydrogen (secondary N) is 2. The Hall–Kier alpha value is -3.15. The number of pyridine rings is 1. The average molecular weight is 543 g/mol. The maximum Gasteiger partial charge on any atom is 0.419 e. The van der Waals surface area contributed by atoms with Crippen molar-refractivity contribution in [2.24, 2.45) is 0 Å². The molecule has 1 aromatic heterocycles. The van der Waals surface area contributed by atoms with Crippen LogP contribution in [0.15, 0.2) is 35.3 Å². The number of amides is 1. The summed E-state index contributed by atoms with van der Waals surface area (Å²) in [4.78, 5) is 28.4. The molecule has 1 aliphatic carbocycles. The molecule has 1 unspecified atom stereocenters. The van der Waals surface area contributed by atoms with Crippen LogP contribution in [0.4, 0.5) is 27.6 Å². The van der Waals surface area contributed by atoms with Gasteiger partial charge in [-0.25, -0.2) is 8.78 Å². The van der Waals surface area contributed by atoms with E-state index in [1.165, 1.54) is 19.1 Å². The van der Waals surface area contributed by atoms with E-state index >= 15 is 0 Å². The molecule has 12 heteroatoms. The van der Waals surface area contributed by atoms with Crippen LogP contribution in [-0.4, -0.2) is 55.1 Å². The number of ether oxygens (including phenoxy) is 1. The lowest BCUT2D eigenvalue weighted by Crippen LogP contribution is -2.40. The summed E-state index contributed by atoms with van der Waals surface area (Å²) in [5, 5.41) is 5.89. The van der Waals surface area contributed by atoms with Crippen LogP contribution in [-0.2, 0) is 11.7 Å². The molecule has 2 aliphatic rings. The second-order valence-electron chi connectivity index (χ2n) is 10.1. The highest BCUT2D eigenvalue weighted by molar-refractivity contribution is 5.99. The number of carbonyl (C=O) groups excluding carboxylic acids is 1. The van der Waals surface area contributed by atoms with E-state index < -0.39 is 41.2 Å². The van der Waals surface area contributed by atoms with Crippen molar-refractivity contribution in [3.8, 4) is 5.75 Å². The number of hydrogen-bond donors (Lipinski definition) is 2. The summed E-state index contributed by atoms with van der Waals surface area (Å²) in [5.74, 6) is -1.05. The molecule has 0 spiro atoms. The molecule has 1 saturated heterocycles. The number of methoxy groups -OCH3 is 1. The fourth-order valence-electron chi connectivity index (χ4n) is 4.82. The van der Waals surface area contributed by atoms with E-state index in [0.29, 0.717) is 0 Å². The molecule has 2 fully saturated rings. The van der Waals surface area contributed by atoms with Crippen molar-refractivity contribution >= 4 is 11.6 Å². The molecule has 38 heavy (non-hydrogen) atoms. The molecule has 4 rings (SSSR count). The monoisotopic (exact) mass is 542 g/mol. The van der Waals surface area contributed by atoms with Crippen LogP contribution in [0.2, 0.25) is 0 Å². The van der Waals surface area contributed by atoms with Gasteiger partial charge in [-0.3, -0.25) is 9.59 Å². The minimum absolute atomic E-state index is 0.0214. The van der Waals surface area contributed by atoms with Gasteiger partial charge in [0.15, 0.2) is 0 Å². The summed E-state index contributed by atoms with van der Waals surface area (Å²) in [6, 6.07) is 3.75. The third kappa shape index (κ3) is 5.64. The zero-order chi connectivity index (χ0) is 27.8. The van der Waals surface area contributed by atoms with Gasteiger partial charge in [-0.15, -0.1) is 0 Å². The fraction of sp³-hybridized carbons (Fsp3) is 0.538. The van der Waals surface area contributed by atoms with Gasteiger partial charge < -0.3 is 24.8 Å². The van der Waals surface area contributed by atoms with E-state index in [0.717, 1.165) is 55.9 Å². The zero-order valence-corrected chi connectivity index (χ0v) is 21.4. The lowest BCUT2D eigenvalue weighted by atomic mass is 10.0. The Balaban J connectivity index is 1.66. The molecule has 1 amide bonds. The number of carbonyl (C=O) groups is 1. The molecular weight excluding hydrogens is 511 g/mol. The molecule has 2 heterocycles. The Bertz CT molecular complexity index is 1230. The van der Waals surface area contributed by atoms with Gasteiger partial charge in [-0.05, 0) is 70.4 Å². The SMILES string of the molecule is COc1ccc(C(C)NC(=O)c2cn(C3(C(F)F)CC3)c(=O)cc2NC2CCN(C)CC2)cc1C(F)(F)F. The quantitative estimate of drug-likeness (QED) is 0.476. The summed E-state index contributed by atoms with van der Waals surface area (Å²) in [5.41, 5.74) is -2.91. The number of alkyl halides is 5. The largest absolute Gasteiger partial charge is 0.496 e. The second-order valence-corrected chi connectivity index (χ2v) is 10.1. The van der Waals surface area contributed by atoms with Crippen molar-refractivity contribution < 1.29 is 31.5 Å². The highest BCUT2D eigenvalue weighted by Gasteiger charge is 2.53. The second kappa shape index (κ2) is 10.5. The first-order valence-corrected chi connectivity index (χ1v) is 12.4. The summed E-state index contributed by atoms with van der Waals surface area (Å²) >= 11 is 0. The minimum Gasteiger partial charge on any atom is -0.496 e. The number of aromatic nitrogens is 1. The van der Waals surface area contributed by atoms with Crippen molar-refractivity contribution in [3.63, 3.8) is 0 Å². The molecule has 0 radical (unpaired) electrons. The maximum atomic E-state index is 13.8. The van der Waals surface area contributed by atoms with Crippen LogP contribution < -0.4 is 20.9 Å². The molecule has 2 aromatic rings. The van der Waals surface area contributed by atoms with Crippen LogP contribution in [0.5, 0.6) is 5.75 Å². The highest BCUT2D eigenvalue weighted by atomic mass is 19.4. The number of nitrogens with zero attached hydrogens (tertiary/aromatic N) is 2. The Kier molecular flexibility index (Phi) is 7.74. The lowest BCUT2D eigenvalue weighted by molar-refractivity contribution is -0.138. The van der Waals surface area contributed by atoms with Crippen molar-refractivity contribution in [2.45, 2.75) is 62.8 Å². The Morgan fingerprint density at radius 3 is 2.37 bits per heavy atom. The third-order valence-corrected chi connectivity index (χ3v) is 7.40. The van der Waals surface area contributed by atoms with Crippen LogP contribution >= 0.6 is 0 Å². The first-order chi connectivity index (χ1) is 17.9. The summed E-state index contributed by atoms with van der Waals surface area (Å²) in [6.07, 6.45) is -4.59. The van der Waals surface area contributed by atoms with Gasteiger partial charge in [0.1, 0.15) is 11.3 Å². The average Bonchev–Trinajstić information content (AvgIpc) is 3.66. The first kappa shape index (κ1) is 27.9. The standard InChI is InChI=1S/C26H31F5N4O3/c1-15(16-4-5-21(38-3)19(12-16)26(29,30)31)32-23(37)18-14-35(25(8-9-25)24(27)28)22(36)13-20(18)33-17-6-10-34(2)11-7-17/h4-5,12-15,17,24,33H,6-11H2,1-3H3,(H,32,37). The van der Waals surface area contributed by atoms with E-state index in [9.17, 15) is 31.5 Å². The molecule has 1 aromatic carbocycles. The van der Waals surface area contributed by atoms with Crippen molar-refractivity contribution in [2.75, 3.05) is 32.6 Å². The highest BCUT2D eigenvalue weighted by Crippen LogP contribution is 2.48. The van der Waals surface area contributed by atoms with Crippen LogP contribution in [0.3, 0.4) is 0 Å². The third-order valence-electron chi connectivity index (χ3n) is 7.40. The topological polar surface area (TPSA) is 75.6 Å². The number of benzene rings is 1. The number of likely N-dealkylation sites (tertiary alicyclic amines) is 1. The smallest absolute Gasteiger partial charge is 0.419 e. The number of piperidine rings is 1. The van der Waals surface area contributed by atoms with E-state index in [2.05, 4.69) is 15.5 Å². The molecular formula is C26H31F5N4O3. The van der Waals surface area contributed by atoms with Crippen molar-refractivity contribution in [3.05, 3.63) is 57.5 Å². The molecule has 1 aliphatic heterocycles. The molecule has 1 atom stereocenters. The Labute approximate surface area is 217 Å². The molecule has 7 nitrogen and oxygen atoms in total. The minimum atomic E-state index is -4.67. The van der Waals surface area contributed by atoms with Gasteiger partial charge in [0.05, 0.1) is 30.0 Å². The summed E-state index contributed by atoms with van der Waals surface area (Å²) in [6.45, 7) is 3.13. The van der Waals surface area contributed by atoms with E-state index in [4.69, 9.17) is 4.74 Å². The maximum absolute atomic E-state index is 13.8. The summed E-state index contributed by atoms with van der Waals surface area (Å²) in [7, 11) is 3.12. The van der Waals surface area contributed by atoms with Crippen LogP contribution in [0, 0.1) is 0 Å². The number of rotatable bonds is 8. The van der Waals surface area contributed by atoms with Gasteiger partial charge >= 0.3 is 6.18 Å². The summed E-state index contributed by atoms with van der Waals surface area (Å²) < 4.78 is 73.9. The predicted molar refractivity (Wildman–Crippen MR) is 132 cm³/mol. The number of anilines is 1. The molecule has 208 valence electrons. The molecule has 0 bridgehead atoms. The van der Waals surface area contributed by atoms with Crippen molar-refractivity contribution in [1.82, 2.24) is 14.8 Å². The number of halogens is 5.